The molecule has 2 aromatic rings. The standard InChI is InChI=1S/C12H13Br2N3/c1-7-11(14)12(15)17(16-7)8(2)9-4-3-5-10(13)6-9/h3-6,8H,15H2,1-2H3. The zero-order chi connectivity index (χ0) is 12.6. The highest BCUT2D eigenvalue weighted by atomic mass is 79.9. The largest absolute Gasteiger partial charge is 0.383 e. The van der Waals surface area contributed by atoms with E-state index in [0.717, 1.165) is 14.6 Å². The van der Waals surface area contributed by atoms with E-state index in [-0.39, 0.29) is 6.04 Å². The zero-order valence-corrected chi connectivity index (χ0v) is 12.8. The Bertz CT molecular complexity index is 549. The van der Waals surface area contributed by atoms with E-state index in [2.05, 4.69) is 56.0 Å². The summed E-state index contributed by atoms with van der Waals surface area (Å²) in [6, 6.07) is 8.27. The van der Waals surface area contributed by atoms with Crippen LogP contribution in [-0.2, 0) is 0 Å². The Morgan fingerprint density at radius 2 is 2.06 bits per heavy atom. The summed E-state index contributed by atoms with van der Waals surface area (Å²) < 4.78 is 3.77. The smallest absolute Gasteiger partial charge is 0.137 e. The van der Waals surface area contributed by atoms with Crippen LogP contribution in [0.15, 0.2) is 33.2 Å². The molecule has 17 heavy (non-hydrogen) atoms. The van der Waals surface area contributed by atoms with Crippen LogP contribution in [0.25, 0.3) is 0 Å². The first-order valence-electron chi connectivity index (χ1n) is 5.26. The second-order valence-corrected chi connectivity index (χ2v) is 5.67. The highest BCUT2D eigenvalue weighted by Gasteiger charge is 2.16. The lowest BCUT2D eigenvalue weighted by Crippen LogP contribution is -2.11. The molecular formula is C12H13Br2N3. The third-order valence-corrected chi connectivity index (χ3v) is 4.22. The molecule has 0 saturated carbocycles. The van der Waals surface area contributed by atoms with E-state index in [4.69, 9.17) is 5.73 Å². The monoisotopic (exact) mass is 357 g/mol. The summed E-state index contributed by atoms with van der Waals surface area (Å²) in [7, 11) is 0. The molecule has 0 aliphatic rings. The fraction of sp³-hybridized carbons (Fsp3) is 0.250. The van der Waals surface area contributed by atoms with Gasteiger partial charge in [0.15, 0.2) is 0 Å². The van der Waals surface area contributed by atoms with Crippen LogP contribution in [0.5, 0.6) is 0 Å². The van der Waals surface area contributed by atoms with Crippen molar-refractivity contribution < 1.29 is 0 Å². The van der Waals surface area contributed by atoms with Gasteiger partial charge in [0, 0.05) is 4.47 Å². The van der Waals surface area contributed by atoms with Gasteiger partial charge in [-0.05, 0) is 47.5 Å². The second-order valence-electron chi connectivity index (χ2n) is 3.96. The van der Waals surface area contributed by atoms with Crippen LogP contribution in [0.2, 0.25) is 0 Å². The van der Waals surface area contributed by atoms with Crippen molar-refractivity contribution in [2.24, 2.45) is 0 Å². The highest BCUT2D eigenvalue weighted by molar-refractivity contribution is 9.11. The van der Waals surface area contributed by atoms with Gasteiger partial charge in [-0.3, -0.25) is 0 Å². The van der Waals surface area contributed by atoms with Crippen LogP contribution < -0.4 is 5.73 Å². The summed E-state index contributed by atoms with van der Waals surface area (Å²) in [6.07, 6.45) is 0. The normalized spacial score (nSPS) is 12.7. The molecule has 90 valence electrons. The molecule has 0 aliphatic carbocycles. The van der Waals surface area contributed by atoms with Gasteiger partial charge < -0.3 is 5.73 Å². The van der Waals surface area contributed by atoms with E-state index < -0.39 is 0 Å². The molecular weight excluding hydrogens is 346 g/mol. The average molecular weight is 359 g/mol. The van der Waals surface area contributed by atoms with Crippen LogP contribution in [0.4, 0.5) is 5.82 Å². The number of rotatable bonds is 2. The summed E-state index contributed by atoms with van der Waals surface area (Å²) in [5.41, 5.74) is 8.10. The van der Waals surface area contributed by atoms with Gasteiger partial charge in [-0.1, -0.05) is 28.1 Å². The number of nitrogens with two attached hydrogens (primary N) is 1. The number of hydrogen-bond acceptors (Lipinski definition) is 2. The zero-order valence-electron chi connectivity index (χ0n) is 9.61. The highest BCUT2D eigenvalue weighted by Crippen LogP contribution is 2.29. The van der Waals surface area contributed by atoms with Gasteiger partial charge in [-0.2, -0.15) is 5.10 Å². The third kappa shape index (κ3) is 2.40. The maximum Gasteiger partial charge on any atom is 0.137 e. The van der Waals surface area contributed by atoms with Gasteiger partial charge in [-0.15, -0.1) is 0 Å². The summed E-state index contributed by atoms with van der Waals surface area (Å²) in [6.45, 7) is 4.02. The average Bonchev–Trinajstić information content (AvgIpc) is 2.56. The number of anilines is 1. The van der Waals surface area contributed by atoms with Crippen molar-refractivity contribution in [2.45, 2.75) is 19.9 Å². The first-order valence-corrected chi connectivity index (χ1v) is 6.85. The van der Waals surface area contributed by atoms with Gasteiger partial charge >= 0.3 is 0 Å². The minimum absolute atomic E-state index is 0.109. The van der Waals surface area contributed by atoms with E-state index in [1.54, 1.807) is 0 Å². The Balaban J connectivity index is 2.43. The predicted molar refractivity (Wildman–Crippen MR) is 77.0 cm³/mol. The Morgan fingerprint density at radius 1 is 1.35 bits per heavy atom. The molecule has 2 N–H and O–H groups in total. The number of aromatic nitrogens is 2. The lowest BCUT2D eigenvalue weighted by atomic mass is 10.1. The SMILES string of the molecule is Cc1nn(C(C)c2cccc(Br)c2)c(N)c1Br. The Morgan fingerprint density at radius 3 is 2.59 bits per heavy atom. The van der Waals surface area contributed by atoms with Crippen molar-refractivity contribution in [3.05, 3.63) is 44.5 Å². The molecule has 1 heterocycles. The Labute approximate surface area is 117 Å². The molecule has 0 spiro atoms. The van der Waals surface area contributed by atoms with Crippen molar-refractivity contribution in [2.75, 3.05) is 5.73 Å². The van der Waals surface area contributed by atoms with Crippen LogP contribution in [0, 0.1) is 6.92 Å². The lowest BCUT2D eigenvalue weighted by Gasteiger charge is -2.14. The van der Waals surface area contributed by atoms with Crippen LogP contribution in [0.1, 0.15) is 24.2 Å². The number of halogens is 2. The maximum absolute atomic E-state index is 6.02. The minimum atomic E-state index is 0.109. The maximum atomic E-state index is 6.02. The molecule has 0 radical (unpaired) electrons. The van der Waals surface area contributed by atoms with Crippen molar-refractivity contribution in [1.82, 2.24) is 9.78 Å². The van der Waals surface area contributed by atoms with Crippen LogP contribution >= 0.6 is 31.9 Å². The predicted octanol–water partition coefficient (Wildman–Crippen LogP) is 3.91. The summed E-state index contributed by atoms with van der Waals surface area (Å²) >= 11 is 6.91. The topological polar surface area (TPSA) is 43.8 Å². The fourth-order valence-corrected chi connectivity index (χ4v) is 2.43. The van der Waals surface area contributed by atoms with E-state index in [0.29, 0.717) is 5.82 Å². The summed E-state index contributed by atoms with van der Waals surface area (Å²) in [4.78, 5) is 0. The summed E-state index contributed by atoms with van der Waals surface area (Å²) in [5.74, 6) is 0.662. The molecule has 0 aliphatic heterocycles. The minimum Gasteiger partial charge on any atom is -0.383 e. The number of benzene rings is 1. The van der Waals surface area contributed by atoms with E-state index in [1.165, 1.54) is 5.56 Å². The molecule has 0 bridgehead atoms. The van der Waals surface area contributed by atoms with Crippen molar-refractivity contribution >= 4 is 37.7 Å². The molecule has 3 nitrogen and oxygen atoms in total. The molecule has 1 aromatic heterocycles. The summed E-state index contributed by atoms with van der Waals surface area (Å²) in [5, 5.41) is 4.45. The Hall–Kier alpha value is -0.810. The van der Waals surface area contributed by atoms with Gasteiger partial charge in [0.25, 0.3) is 0 Å². The molecule has 1 atom stereocenters. The van der Waals surface area contributed by atoms with Crippen LogP contribution in [-0.4, -0.2) is 9.78 Å². The van der Waals surface area contributed by atoms with E-state index >= 15 is 0 Å². The molecule has 1 aromatic carbocycles. The van der Waals surface area contributed by atoms with E-state index in [1.807, 2.05) is 23.7 Å². The molecule has 5 heteroatoms. The molecule has 1 unspecified atom stereocenters. The molecule has 0 amide bonds. The van der Waals surface area contributed by atoms with Gasteiger partial charge in [0.2, 0.25) is 0 Å². The van der Waals surface area contributed by atoms with Gasteiger partial charge in [0.1, 0.15) is 5.82 Å². The van der Waals surface area contributed by atoms with Crippen molar-refractivity contribution in [3.8, 4) is 0 Å². The van der Waals surface area contributed by atoms with E-state index in [9.17, 15) is 0 Å². The third-order valence-electron chi connectivity index (χ3n) is 2.75. The number of hydrogen-bond donors (Lipinski definition) is 1. The molecule has 0 fully saturated rings. The first kappa shape index (κ1) is 12.6. The number of nitrogen functional groups attached to an aromatic ring is 1. The van der Waals surface area contributed by atoms with Gasteiger partial charge in [-0.25, -0.2) is 4.68 Å². The van der Waals surface area contributed by atoms with Gasteiger partial charge in [0.05, 0.1) is 16.2 Å². The molecule has 0 saturated heterocycles. The molecule has 2 rings (SSSR count). The first-order chi connectivity index (χ1) is 8.00. The lowest BCUT2D eigenvalue weighted by molar-refractivity contribution is 0.568. The van der Waals surface area contributed by atoms with Crippen LogP contribution in [0.3, 0.4) is 0 Å². The van der Waals surface area contributed by atoms with Crippen molar-refractivity contribution in [3.63, 3.8) is 0 Å². The van der Waals surface area contributed by atoms with Crippen molar-refractivity contribution in [1.29, 1.82) is 0 Å². The second kappa shape index (κ2) is 4.82. The number of aryl methyl sites for hydroxylation is 1. The fourth-order valence-electron chi connectivity index (χ4n) is 1.75. The quantitative estimate of drug-likeness (QED) is 0.884. The number of nitrogens with zero attached hydrogens (tertiary/aromatic N) is 2. The Kier molecular flexibility index (Phi) is 3.58.